The lowest BCUT2D eigenvalue weighted by molar-refractivity contribution is 0.0502. The molecule has 1 unspecified atom stereocenters. The first kappa shape index (κ1) is 32.9. The number of aromatic nitrogens is 4. The van der Waals surface area contributed by atoms with Gasteiger partial charge in [-0.25, -0.2) is 32.0 Å². The van der Waals surface area contributed by atoms with E-state index in [0.717, 1.165) is 21.4 Å². The number of carbonyl (C=O) groups is 1. The number of anilines is 1. The largest absolute Gasteiger partial charge is 0.444 e. The lowest BCUT2D eigenvalue weighted by Gasteiger charge is -2.25. The molecular formula is C29H29ClF2N6O4S3. The Bertz CT molecular complexity index is 2040. The van der Waals surface area contributed by atoms with E-state index in [1.165, 1.54) is 39.9 Å². The van der Waals surface area contributed by atoms with Gasteiger partial charge in [0, 0.05) is 24.2 Å². The Morgan fingerprint density at radius 2 is 1.82 bits per heavy atom. The van der Waals surface area contributed by atoms with E-state index in [4.69, 9.17) is 21.3 Å². The van der Waals surface area contributed by atoms with Gasteiger partial charge in [0.1, 0.15) is 17.2 Å². The number of rotatable bonds is 8. The second-order valence-electron chi connectivity index (χ2n) is 11.3. The standard InChI is InChI=1S/C29H29ClF2N6O4S3/c1-29(2,3)42-27(39)33-20(11-14-9-15(31)12-16(32)10-14)23-18(13-21-25(34-23)35-28(43-5)44-21)17-7-8-19(30)22-24(17)38(4)36-26(22)37-45(6,40)41/h7-10,12-13,20H,11H2,1-6H3,(H,33,39)(H,36,37). The molecule has 1 amide bonds. The van der Waals surface area contributed by atoms with Gasteiger partial charge in [-0.15, -0.1) is 11.3 Å². The molecule has 3 heterocycles. The summed E-state index contributed by atoms with van der Waals surface area (Å²) in [7, 11) is -2.05. The first-order valence-corrected chi connectivity index (χ1v) is 17.8. The highest BCUT2D eigenvalue weighted by Gasteiger charge is 2.28. The van der Waals surface area contributed by atoms with Crippen molar-refractivity contribution in [2.45, 2.75) is 43.2 Å². The van der Waals surface area contributed by atoms with E-state index >= 15 is 0 Å². The third-order valence-corrected chi connectivity index (χ3v) is 9.32. The molecule has 0 bridgehead atoms. The zero-order valence-corrected chi connectivity index (χ0v) is 28.2. The molecule has 0 aliphatic heterocycles. The van der Waals surface area contributed by atoms with Crippen molar-refractivity contribution in [1.82, 2.24) is 25.1 Å². The number of amides is 1. The molecule has 0 fully saturated rings. The van der Waals surface area contributed by atoms with Crippen LogP contribution < -0.4 is 10.0 Å². The normalized spacial score (nSPS) is 12.9. The molecule has 1 atom stereocenters. The molecule has 0 saturated heterocycles. The van der Waals surface area contributed by atoms with Crippen molar-refractivity contribution in [3.05, 3.63) is 64.3 Å². The fourth-order valence-corrected chi connectivity index (χ4v) is 7.10. The molecule has 10 nitrogen and oxygen atoms in total. The molecule has 238 valence electrons. The average Bonchev–Trinajstić information content (AvgIpc) is 3.45. The van der Waals surface area contributed by atoms with Crippen LogP contribution in [0.1, 0.15) is 38.1 Å². The Labute approximate surface area is 271 Å². The SMILES string of the molecule is CSc1nc2nc(C(Cc3cc(F)cc(F)c3)NC(=O)OC(C)(C)C)c(-c3ccc(Cl)c4c(NS(C)(=O)=O)nn(C)c34)cc2s1. The van der Waals surface area contributed by atoms with Gasteiger partial charge in [0.15, 0.2) is 15.8 Å². The van der Waals surface area contributed by atoms with Crippen molar-refractivity contribution in [2.24, 2.45) is 7.05 Å². The summed E-state index contributed by atoms with van der Waals surface area (Å²) in [4.78, 5) is 22.7. The summed E-state index contributed by atoms with van der Waals surface area (Å²) < 4.78 is 63.8. The maximum Gasteiger partial charge on any atom is 0.408 e. The second kappa shape index (κ2) is 12.3. The zero-order valence-electron chi connectivity index (χ0n) is 25.0. The predicted octanol–water partition coefficient (Wildman–Crippen LogP) is 7.08. The highest BCUT2D eigenvalue weighted by molar-refractivity contribution is 8.00. The van der Waals surface area contributed by atoms with Crippen molar-refractivity contribution < 1.29 is 26.7 Å². The predicted molar refractivity (Wildman–Crippen MR) is 175 cm³/mol. The second-order valence-corrected chi connectivity index (χ2v) is 15.5. The number of alkyl carbamates (subject to hydrolysis) is 1. The molecule has 5 aromatic rings. The molecule has 0 saturated carbocycles. The van der Waals surface area contributed by atoms with Crippen LogP contribution in [0.25, 0.3) is 32.4 Å². The van der Waals surface area contributed by atoms with Crippen molar-refractivity contribution >= 4 is 77.9 Å². The number of ether oxygens (including phenoxy) is 1. The third-order valence-electron chi connectivity index (χ3n) is 6.46. The molecule has 0 aliphatic rings. The Balaban J connectivity index is 1.78. The van der Waals surface area contributed by atoms with Gasteiger partial charge in [-0.1, -0.05) is 29.4 Å². The van der Waals surface area contributed by atoms with Gasteiger partial charge in [0.25, 0.3) is 0 Å². The van der Waals surface area contributed by atoms with Crippen LogP contribution in [0.4, 0.5) is 19.4 Å². The molecule has 45 heavy (non-hydrogen) atoms. The van der Waals surface area contributed by atoms with Gasteiger partial charge in [-0.3, -0.25) is 9.40 Å². The molecule has 0 aliphatic carbocycles. The van der Waals surface area contributed by atoms with Crippen molar-refractivity contribution in [3.63, 3.8) is 0 Å². The first-order valence-electron chi connectivity index (χ1n) is 13.4. The van der Waals surface area contributed by atoms with E-state index in [0.29, 0.717) is 33.4 Å². The van der Waals surface area contributed by atoms with E-state index in [2.05, 4.69) is 20.1 Å². The number of hydrogen-bond acceptors (Lipinski definition) is 9. The summed E-state index contributed by atoms with van der Waals surface area (Å²) in [6.07, 6.45) is 2.08. The van der Waals surface area contributed by atoms with Crippen LogP contribution in [0.3, 0.4) is 0 Å². The van der Waals surface area contributed by atoms with Gasteiger partial charge >= 0.3 is 6.09 Å². The van der Waals surface area contributed by atoms with Gasteiger partial charge in [-0.2, -0.15) is 5.10 Å². The minimum absolute atomic E-state index is 0.0403. The molecule has 2 N–H and O–H groups in total. The monoisotopic (exact) mass is 694 g/mol. The summed E-state index contributed by atoms with van der Waals surface area (Å²) in [5.74, 6) is -1.50. The number of thioether (sulfide) groups is 1. The van der Waals surface area contributed by atoms with Gasteiger partial charge in [-0.05, 0) is 63.3 Å². The molecular weight excluding hydrogens is 666 g/mol. The van der Waals surface area contributed by atoms with Gasteiger partial charge < -0.3 is 10.1 Å². The molecule has 5 rings (SSSR count). The minimum Gasteiger partial charge on any atom is -0.444 e. The number of carbonyl (C=O) groups excluding carboxylic acids is 1. The number of pyridine rings is 1. The Kier molecular flexibility index (Phi) is 9.01. The van der Waals surface area contributed by atoms with Crippen LogP contribution in [-0.2, 0) is 28.2 Å². The number of halogens is 3. The third kappa shape index (κ3) is 7.48. The zero-order chi connectivity index (χ0) is 32.8. The minimum atomic E-state index is -3.70. The van der Waals surface area contributed by atoms with E-state index in [-0.39, 0.29) is 22.8 Å². The summed E-state index contributed by atoms with van der Waals surface area (Å²) >= 11 is 9.46. The topological polar surface area (TPSA) is 128 Å². The number of thiazole rings is 1. The van der Waals surface area contributed by atoms with E-state index in [1.54, 1.807) is 40.0 Å². The molecule has 2 aromatic carbocycles. The highest BCUT2D eigenvalue weighted by Crippen LogP contribution is 2.42. The van der Waals surface area contributed by atoms with E-state index in [9.17, 15) is 22.0 Å². The quantitative estimate of drug-likeness (QED) is 0.165. The van der Waals surface area contributed by atoms with Crippen molar-refractivity contribution in [1.29, 1.82) is 0 Å². The van der Waals surface area contributed by atoms with Crippen LogP contribution in [0, 0.1) is 11.6 Å². The summed E-state index contributed by atoms with van der Waals surface area (Å²) in [5.41, 5.74) is 1.77. The van der Waals surface area contributed by atoms with Crippen LogP contribution in [0.15, 0.2) is 40.7 Å². The van der Waals surface area contributed by atoms with Crippen LogP contribution in [-0.4, -0.2) is 52.4 Å². The Morgan fingerprint density at radius 1 is 1.13 bits per heavy atom. The summed E-state index contributed by atoms with van der Waals surface area (Å²) in [6, 6.07) is 7.41. The average molecular weight is 695 g/mol. The van der Waals surface area contributed by atoms with Crippen LogP contribution >= 0.6 is 34.7 Å². The number of hydrogen-bond donors (Lipinski definition) is 2. The number of nitrogens with one attached hydrogen (secondary N) is 2. The van der Waals surface area contributed by atoms with E-state index in [1.807, 2.05) is 12.3 Å². The van der Waals surface area contributed by atoms with Crippen LogP contribution in [0.5, 0.6) is 0 Å². The number of sulfonamides is 1. The fourth-order valence-electron chi connectivity index (χ4n) is 4.90. The van der Waals surface area contributed by atoms with Crippen molar-refractivity contribution in [3.8, 4) is 11.1 Å². The number of fused-ring (bicyclic) bond motifs is 2. The lowest BCUT2D eigenvalue weighted by atomic mass is 9.94. The maximum absolute atomic E-state index is 14.3. The van der Waals surface area contributed by atoms with Crippen LogP contribution in [0.2, 0.25) is 5.02 Å². The van der Waals surface area contributed by atoms with E-state index < -0.39 is 39.4 Å². The highest BCUT2D eigenvalue weighted by atomic mass is 35.5. The van der Waals surface area contributed by atoms with Gasteiger partial charge in [0.05, 0.1) is 38.6 Å². The molecule has 3 aromatic heterocycles. The van der Waals surface area contributed by atoms with Crippen molar-refractivity contribution in [2.75, 3.05) is 17.2 Å². The first-order chi connectivity index (χ1) is 21.0. The Morgan fingerprint density at radius 3 is 2.44 bits per heavy atom. The molecule has 16 heteroatoms. The summed E-state index contributed by atoms with van der Waals surface area (Å²) in [6.45, 7) is 5.15. The molecule has 0 spiro atoms. The lowest BCUT2D eigenvalue weighted by Crippen LogP contribution is -2.36. The van der Waals surface area contributed by atoms with Gasteiger partial charge in [0.2, 0.25) is 10.0 Å². The summed E-state index contributed by atoms with van der Waals surface area (Å²) in [5, 5.41) is 7.84. The fraction of sp³-hybridized carbons (Fsp3) is 0.310. The molecule has 0 radical (unpaired) electrons. The maximum atomic E-state index is 14.3. The number of aryl methyl sites for hydroxylation is 1. The Hall–Kier alpha value is -3.53. The number of benzene rings is 2. The number of nitrogens with zero attached hydrogens (tertiary/aromatic N) is 4. The smallest absolute Gasteiger partial charge is 0.408 e.